The molecule has 4 heteroatoms. The first-order valence-electron chi connectivity index (χ1n) is 3.94. The van der Waals surface area contributed by atoms with Crippen molar-refractivity contribution in [2.45, 2.75) is 19.9 Å². The van der Waals surface area contributed by atoms with Gasteiger partial charge in [0.2, 0.25) is 5.76 Å². The summed E-state index contributed by atoms with van der Waals surface area (Å²) in [5.41, 5.74) is 0. The lowest BCUT2D eigenvalue weighted by molar-refractivity contribution is 0.0914. The number of hydrogen-bond acceptors (Lipinski definition) is 3. The molecule has 0 atom stereocenters. The van der Waals surface area contributed by atoms with Crippen molar-refractivity contribution in [3.8, 4) is 6.07 Å². The number of carbonyl (C=O) groups excluding carboxylic acids is 1. The normalized spacial score (nSPS) is 9.69. The Labute approximate surface area is 76.2 Å². The van der Waals surface area contributed by atoms with Crippen LogP contribution in [-0.4, -0.2) is 11.9 Å². The minimum absolute atomic E-state index is 0.0585. The quantitative estimate of drug-likeness (QED) is 0.742. The summed E-state index contributed by atoms with van der Waals surface area (Å²) >= 11 is 0. The summed E-state index contributed by atoms with van der Waals surface area (Å²) in [6.45, 7) is 3.71. The summed E-state index contributed by atoms with van der Waals surface area (Å²) in [4.78, 5) is 11.3. The van der Waals surface area contributed by atoms with Gasteiger partial charge < -0.3 is 9.73 Å². The molecule has 0 saturated heterocycles. The number of rotatable bonds is 2. The van der Waals surface area contributed by atoms with Crippen LogP contribution in [0.3, 0.4) is 0 Å². The first-order chi connectivity index (χ1) is 6.13. The molecule has 1 N–H and O–H groups in total. The van der Waals surface area contributed by atoms with E-state index < -0.39 is 0 Å². The van der Waals surface area contributed by atoms with Crippen LogP contribution >= 0.6 is 0 Å². The van der Waals surface area contributed by atoms with Crippen molar-refractivity contribution in [1.29, 1.82) is 5.26 Å². The molecule has 0 fully saturated rings. The average Bonchev–Trinajstić information content (AvgIpc) is 2.50. The van der Waals surface area contributed by atoms with Crippen molar-refractivity contribution in [1.82, 2.24) is 5.32 Å². The van der Waals surface area contributed by atoms with Crippen LogP contribution in [-0.2, 0) is 0 Å². The standard InChI is InChI=1S/C9H10N2O2/c1-6(2)11-9(12)8-4-3-7(5-10)13-8/h3-4,6H,1-2H3,(H,11,12). The second kappa shape index (κ2) is 3.76. The van der Waals surface area contributed by atoms with Crippen LogP contribution in [0.2, 0.25) is 0 Å². The van der Waals surface area contributed by atoms with Gasteiger partial charge in [-0.2, -0.15) is 5.26 Å². The van der Waals surface area contributed by atoms with Crippen LogP contribution in [0.15, 0.2) is 16.5 Å². The van der Waals surface area contributed by atoms with Gasteiger partial charge in [-0.1, -0.05) is 0 Å². The van der Waals surface area contributed by atoms with Crippen LogP contribution < -0.4 is 5.32 Å². The molecule has 0 radical (unpaired) electrons. The first kappa shape index (κ1) is 9.33. The van der Waals surface area contributed by atoms with Gasteiger partial charge in [-0.15, -0.1) is 0 Å². The number of carbonyl (C=O) groups is 1. The van der Waals surface area contributed by atoms with Crippen molar-refractivity contribution in [3.05, 3.63) is 23.7 Å². The first-order valence-corrected chi connectivity index (χ1v) is 3.94. The molecule has 0 spiro atoms. The van der Waals surface area contributed by atoms with Crippen molar-refractivity contribution < 1.29 is 9.21 Å². The van der Waals surface area contributed by atoms with E-state index >= 15 is 0 Å². The summed E-state index contributed by atoms with van der Waals surface area (Å²) in [6, 6.07) is 4.82. The second-order valence-electron chi connectivity index (χ2n) is 2.90. The predicted molar refractivity (Wildman–Crippen MR) is 46.0 cm³/mol. The predicted octanol–water partition coefficient (Wildman–Crippen LogP) is 1.29. The van der Waals surface area contributed by atoms with Crippen LogP contribution in [0, 0.1) is 11.3 Å². The van der Waals surface area contributed by atoms with E-state index in [1.165, 1.54) is 12.1 Å². The van der Waals surface area contributed by atoms with Gasteiger partial charge in [0.1, 0.15) is 6.07 Å². The SMILES string of the molecule is CC(C)NC(=O)c1ccc(C#N)o1. The summed E-state index contributed by atoms with van der Waals surface area (Å²) in [5.74, 6) is 0.0238. The van der Waals surface area contributed by atoms with Gasteiger partial charge in [0.15, 0.2) is 5.76 Å². The monoisotopic (exact) mass is 178 g/mol. The minimum Gasteiger partial charge on any atom is -0.440 e. The molecule has 1 amide bonds. The van der Waals surface area contributed by atoms with Crippen LogP contribution in [0.4, 0.5) is 0 Å². The average molecular weight is 178 g/mol. The summed E-state index contributed by atoms with van der Waals surface area (Å²) in [5, 5.41) is 11.1. The van der Waals surface area contributed by atoms with Gasteiger partial charge >= 0.3 is 0 Å². The third-order valence-corrected chi connectivity index (χ3v) is 1.36. The Morgan fingerprint density at radius 3 is 2.77 bits per heavy atom. The number of hydrogen-bond donors (Lipinski definition) is 1. The van der Waals surface area contributed by atoms with Crippen LogP contribution in [0.5, 0.6) is 0 Å². The van der Waals surface area contributed by atoms with Crippen molar-refractivity contribution in [3.63, 3.8) is 0 Å². The molecule has 1 rings (SSSR count). The number of nitrogens with one attached hydrogen (secondary N) is 1. The number of amides is 1. The highest BCUT2D eigenvalue weighted by Crippen LogP contribution is 2.06. The zero-order valence-corrected chi connectivity index (χ0v) is 7.50. The molecule has 1 aromatic rings. The van der Waals surface area contributed by atoms with Crippen molar-refractivity contribution in [2.24, 2.45) is 0 Å². The molecule has 0 aliphatic rings. The zero-order valence-electron chi connectivity index (χ0n) is 7.50. The van der Waals surface area contributed by atoms with Gasteiger partial charge in [0.05, 0.1) is 0 Å². The largest absolute Gasteiger partial charge is 0.440 e. The van der Waals surface area contributed by atoms with E-state index in [1.54, 1.807) is 0 Å². The fourth-order valence-corrected chi connectivity index (χ4v) is 0.853. The molecule has 0 bridgehead atoms. The highest BCUT2D eigenvalue weighted by Gasteiger charge is 2.11. The lowest BCUT2D eigenvalue weighted by Gasteiger charge is -2.04. The Balaban J connectivity index is 2.73. The van der Waals surface area contributed by atoms with Crippen LogP contribution in [0.25, 0.3) is 0 Å². The van der Waals surface area contributed by atoms with E-state index in [4.69, 9.17) is 9.68 Å². The van der Waals surface area contributed by atoms with Gasteiger partial charge in [-0.25, -0.2) is 0 Å². The maximum atomic E-state index is 11.3. The fraction of sp³-hybridized carbons (Fsp3) is 0.333. The molecule has 0 unspecified atom stereocenters. The number of nitrogens with zero attached hydrogens (tertiary/aromatic N) is 1. The number of nitriles is 1. The molecule has 4 nitrogen and oxygen atoms in total. The van der Waals surface area contributed by atoms with Gasteiger partial charge in [-0.3, -0.25) is 4.79 Å². The van der Waals surface area contributed by atoms with Crippen molar-refractivity contribution >= 4 is 5.91 Å². The minimum atomic E-state index is -0.295. The van der Waals surface area contributed by atoms with E-state index in [0.29, 0.717) is 0 Å². The molecule has 0 aromatic carbocycles. The molecule has 68 valence electrons. The van der Waals surface area contributed by atoms with Crippen molar-refractivity contribution in [2.75, 3.05) is 0 Å². The number of furan rings is 1. The summed E-state index contributed by atoms with van der Waals surface area (Å²) < 4.78 is 4.92. The van der Waals surface area contributed by atoms with E-state index in [1.807, 2.05) is 19.9 Å². The highest BCUT2D eigenvalue weighted by atomic mass is 16.3. The Hall–Kier alpha value is -1.76. The molecule has 0 aliphatic heterocycles. The molecular formula is C9H10N2O2. The molecule has 13 heavy (non-hydrogen) atoms. The third-order valence-electron chi connectivity index (χ3n) is 1.36. The molecule has 1 aromatic heterocycles. The van der Waals surface area contributed by atoms with Crippen LogP contribution in [0.1, 0.15) is 30.2 Å². The van der Waals surface area contributed by atoms with Gasteiger partial charge in [-0.05, 0) is 26.0 Å². The smallest absolute Gasteiger partial charge is 0.287 e. The highest BCUT2D eigenvalue weighted by molar-refractivity contribution is 5.91. The van der Waals surface area contributed by atoms with E-state index in [0.717, 1.165) is 0 Å². The lowest BCUT2D eigenvalue weighted by atomic mass is 10.3. The Kier molecular flexibility index (Phi) is 2.70. The van der Waals surface area contributed by atoms with E-state index in [9.17, 15) is 4.79 Å². The molecule has 0 aliphatic carbocycles. The Bertz CT molecular complexity index is 347. The van der Waals surface area contributed by atoms with Gasteiger partial charge in [0.25, 0.3) is 5.91 Å². The third kappa shape index (κ3) is 2.34. The van der Waals surface area contributed by atoms with E-state index in [2.05, 4.69) is 5.32 Å². The Morgan fingerprint density at radius 1 is 1.62 bits per heavy atom. The van der Waals surface area contributed by atoms with Gasteiger partial charge in [0, 0.05) is 6.04 Å². The Morgan fingerprint density at radius 2 is 2.31 bits per heavy atom. The summed E-state index contributed by atoms with van der Waals surface area (Å²) in [7, 11) is 0. The zero-order chi connectivity index (χ0) is 9.84. The molecular weight excluding hydrogens is 168 g/mol. The van der Waals surface area contributed by atoms with E-state index in [-0.39, 0.29) is 23.5 Å². The second-order valence-corrected chi connectivity index (χ2v) is 2.90. The molecule has 0 saturated carbocycles. The maximum absolute atomic E-state index is 11.3. The topological polar surface area (TPSA) is 66.0 Å². The maximum Gasteiger partial charge on any atom is 0.287 e. The summed E-state index contributed by atoms with van der Waals surface area (Å²) in [6.07, 6.45) is 0. The fourth-order valence-electron chi connectivity index (χ4n) is 0.853. The molecule has 1 heterocycles. The lowest BCUT2D eigenvalue weighted by Crippen LogP contribution is -2.29.